The lowest BCUT2D eigenvalue weighted by Crippen LogP contribution is -2.60. The van der Waals surface area contributed by atoms with Gasteiger partial charge in [0.2, 0.25) is 53.2 Å². The summed E-state index contributed by atoms with van der Waals surface area (Å²) in [6.45, 7) is 1.30. The Hall–Kier alpha value is -7.90. The monoisotopic (exact) mass is 1060 g/mol. The topological polar surface area (TPSA) is 420 Å². The highest BCUT2D eigenvalue weighted by atomic mass is 32.2. The molecule has 0 radical (unpaired) electrons. The van der Waals surface area contributed by atoms with Gasteiger partial charge >= 0.3 is 0 Å². The predicted octanol–water partition coefficient (Wildman–Crippen LogP) is -2.60. The molecule has 0 saturated carbocycles. The molecule has 2 heterocycles. The third-order valence-electron chi connectivity index (χ3n) is 12.1. The maximum Gasteiger partial charge on any atom is 0.243 e. The van der Waals surface area contributed by atoms with E-state index in [0.717, 1.165) is 10.9 Å². The van der Waals surface area contributed by atoms with Gasteiger partial charge in [-0.2, -0.15) is 11.8 Å². The molecule has 4 rings (SSSR count). The molecular weight excluding hydrogens is 989 g/mol. The molecule has 1 aromatic heterocycles. The molecule has 0 spiro atoms. The van der Waals surface area contributed by atoms with E-state index < -0.39 is 95.5 Å². The third kappa shape index (κ3) is 20.9. The summed E-state index contributed by atoms with van der Waals surface area (Å²) in [5.74, 6) is -6.63. The van der Waals surface area contributed by atoms with Crippen molar-refractivity contribution in [2.24, 2.45) is 38.7 Å². The SMILES string of the molecule is CSCC[C@@H]1NC(=O)C(NC(=O)[C@H](CCCN=C(N)N)NC(C)=O)CCCC(=O)NCCC(C(N)=O)NC(=O)[C@H](Cc2c[nH]c3ccccc23)NC(=O)C(CCCN=C(N)N)NC(=O)C(Cc2ccccc2)NC1=O. The number of carbonyl (C=O) groups excluding carboxylic acids is 9. The number of carbonyl (C=O) groups is 9. The van der Waals surface area contributed by atoms with E-state index in [9.17, 15) is 43.2 Å². The lowest BCUT2D eigenvalue weighted by atomic mass is 10.0. The predicted molar refractivity (Wildman–Crippen MR) is 285 cm³/mol. The number of fused-ring (bicyclic) bond motifs is 1. The minimum Gasteiger partial charge on any atom is -0.370 e. The summed E-state index contributed by atoms with van der Waals surface area (Å²) in [7, 11) is 0. The fraction of sp³-hybridized carbons (Fsp3) is 0.490. The summed E-state index contributed by atoms with van der Waals surface area (Å²) >= 11 is 1.39. The molecule has 3 aromatic rings. The van der Waals surface area contributed by atoms with Crippen molar-refractivity contribution in [3.8, 4) is 0 Å². The fourth-order valence-corrected chi connectivity index (χ4v) is 8.65. The summed E-state index contributed by atoms with van der Waals surface area (Å²) in [5.41, 5.74) is 29.8. The molecule has 75 heavy (non-hydrogen) atoms. The van der Waals surface area contributed by atoms with Gasteiger partial charge in [-0.1, -0.05) is 48.5 Å². The van der Waals surface area contributed by atoms with Crippen molar-refractivity contribution in [1.29, 1.82) is 0 Å². The summed E-state index contributed by atoms with van der Waals surface area (Å²) in [5, 5.41) is 22.4. The highest BCUT2D eigenvalue weighted by molar-refractivity contribution is 7.98. The van der Waals surface area contributed by atoms with E-state index in [0.29, 0.717) is 16.9 Å². The van der Waals surface area contributed by atoms with Gasteiger partial charge in [0.15, 0.2) is 11.9 Å². The second-order valence-corrected chi connectivity index (χ2v) is 19.0. The number of hydrogen-bond acceptors (Lipinski definition) is 12. The van der Waals surface area contributed by atoms with Crippen LogP contribution in [0.5, 0.6) is 0 Å². The molecular formula is C49H72N16O9S. The molecule has 25 nitrogen and oxygen atoms in total. The number of nitrogens with zero attached hydrogens (tertiary/aromatic N) is 2. The Morgan fingerprint density at radius 2 is 1.29 bits per heavy atom. The number of nitrogens with one attached hydrogen (secondary N) is 9. The first kappa shape index (κ1) is 59.7. The molecule has 1 aliphatic heterocycles. The zero-order chi connectivity index (χ0) is 54.9. The normalized spacial score (nSPS) is 21.1. The van der Waals surface area contributed by atoms with Gasteiger partial charge in [0.1, 0.15) is 42.3 Å². The molecule has 19 N–H and O–H groups in total. The molecule has 2 aromatic carbocycles. The molecule has 0 aliphatic carbocycles. The first-order chi connectivity index (χ1) is 35.8. The van der Waals surface area contributed by atoms with Gasteiger partial charge in [0, 0.05) is 62.9 Å². The molecule has 7 atom stereocenters. The fourth-order valence-electron chi connectivity index (χ4n) is 8.18. The number of H-pyrrole nitrogens is 1. The number of guanidine groups is 2. The van der Waals surface area contributed by atoms with Crippen LogP contribution in [0.4, 0.5) is 0 Å². The van der Waals surface area contributed by atoms with Gasteiger partial charge in [0.05, 0.1) is 0 Å². The maximum absolute atomic E-state index is 14.6. The summed E-state index contributed by atoms with van der Waals surface area (Å²) in [4.78, 5) is 135. The molecule has 1 saturated heterocycles. The number of aliphatic imine (C=N–C) groups is 2. The van der Waals surface area contributed by atoms with Crippen molar-refractivity contribution in [1.82, 2.24) is 47.5 Å². The third-order valence-corrected chi connectivity index (χ3v) is 12.7. The Morgan fingerprint density at radius 1 is 0.707 bits per heavy atom. The molecule has 0 bridgehead atoms. The van der Waals surface area contributed by atoms with E-state index in [1.807, 2.05) is 24.3 Å². The minimum absolute atomic E-state index is 0.0266. The zero-order valence-electron chi connectivity index (χ0n) is 42.3. The number of aromatic nitrogens is 1. The Morgan fingerprint density at radius 3 is 1.95 bits per heavy atom. The number of hydrogen-bond donors (Lipinski definition) is 14. The van der Waals surface area contributed by atoms with Crippen molar-refractivity contribution < 1.29 is 43.2 Å². The molecule has 1 fully saturated rings. The molecule has 1 aliphatic rings. The van der Waals surface area contributed by atoms with E-state index >= 15 is 0 Å². The van der Waals surface area contributed by atoms with Crippen LogP contribution in [-0.4, -0.2) is 144 Å². The van der Waals surface area contributed by atoms with Gasteiger partial charge in [-0.3, -0.25) is 53.1 Å². The van der Waals surface area contributed by atoms with E-state index in [2.05, 4.69) is 57.5 Å². The number of amides is 9. The zero-order valence-corrected chi connectivity index (χ0v) is 43.1. The van der Waals surface area contributed by atoms with Crippen LogP contribution in [0.15, 0.2) is 70.8 Å². The van der Waals surface area contributed by atoms with Crippen molar-refractivity contribution in [2.45, 2.75) is 120 Å². The Labute approximate surface area is 439 Å². The van der Waals surface area contributed by atoms with Crippen molar-refractivity contribution in [2.75, 3.05) is 31.6 Å². The van der Waals surface area contributed by atoms with Gasteiger partial charge in [-0.15, -0.1) is 0 Å². The van der Waals surface area contributed by atoms with Crippen LogP contribution >= 0.6 is 11.8 Å². The van der Waals surface area contributed by atoms with E-state index in [-0.39, 0.29) is 102 Å². The smallest absolute Gasteiger partial charge is 0.243 e. The maximum atomic E-state index is 14.6. The minimum atomic E-state index is -1.35. The van der Waals surface area contributed by atoms with Crippen LogP contribution in [-0.2, 0) is 56.0 Å². The van der Waals surface area contributed by atoms with Gasteiger partial charge in [-0.05, 0) is 80.6 Å². The van der Waals surface area contributed by atoms with Crippen molar-refractivity contribution >= 4 is 87.7 Å². The Kier molecular flexibility index (Phi) is 24.6. The van der Waals surface area contributed by atoms with Gasteiger partial charge < -0.3 is 76.2 Å². The lowest BCUT2D eigenvalue weighted by Gasteiger charge is -2.28. The van der Waals surface area contributed by atoms with Crippen LogP contribution in [0.1, 0.15) is 75.8 Å². The molecule has 4 unspecified atom stereocenters. The number of nitrogens with two attached hydrogens (primary N) is 5. The number of para-hydroxylation sites is 1. The summed E-state index contributed by atoms with van der Waals surface area (Å²) < 4.78 is 0. The average molecular weight is 1060 g/mol. The second kappa shape index (κ2) is 31.0. The van der Waals surface area contributed by atoms with Crippen LogP contribution < -0.4 is 71.2 Å². The number of benzene rings is 2. The molecule has 9 amide bonds. The highest BCUT2D eigenvalue weighted by Gasteiger charge is 2.34. The van der Waals surface area contributed by atoms with Crippen molar-refractivity contribution in [3.05, 3.63) is 71.9 Å². The van der Waals surface area contributed by atoms with E-state index in [1.54, 1.807) is 42.8 Å². The number of primary amides is 1. The number of aromatic amines is 1. The van der Waals surface area contributed by atoms with Crippen LogP contribution in [0.3, 0.4) is 0 Å². The van der Waals surface area contributed by atoms with Gasteiger partial charge in [-0.25, -0.2) is 0 Å². The molecule has 408 valence electrons. The van der Waals surface area contributed by atoms with Gasteiger partial charge in [0.25, 0.3) is 0 Å². The van der Waals surface area contributed by atoms with E-state index in [4.69, 9.17) is 28.7 Å². The Bertz CT molecular complexity index is 2500. The summed E-state index contributed by atoms with van der Waals surface area (Å²) in [6.07, 6.45) is 3.47. The average Bonchev–Trinajstić information content (AvgIpc) is 3.77. The number of thioether (sulfide) groups is 1. The first-order valence-corrected chi connectivity index (χ1v) is 26.1. The number of rotatable bonds is 19. The molecule has 26 heteroatoms. The summed E-state index contributed by atoms with van der Waals surface area (Å²) in [6, 6.07) is 6.93. The van der Waals surface area contributed by atoms with Crippen molar-refractivity contribution in [3.63, 3.8) is 0 Å². The van der Waals surface area contributed by atoms with E-state index in [1.165, 1.54) is 18.7 Å². The largest absolute Gasteiger partial charge is 0.370 e. The quantitative estimate of drug-likeness (QED) is 0.0333. The van der Waals surface area contributed by atoms with Crippen LogP contribution in [0.2, 0.25) is 0 Å². The Balaban J connectivity index is 1.77. The highest BCUT2D eigenvalue weighted by Crippen LogP contribution is 2.20. The van der Waals surface area contributed by atoms with Crippen LogP contribution in [0.25, 0.3) is 10.9 Å². The van der Waals surface area contributed by atoms with Crippen LogP contribution in [0, 0.1) is 0 Å². The first-order valence-electron chi connectivity index (χ1n) is 24.7. The lowest BCUT2D eigenvalue weighted by molar-refractivity contribution is -0.135. The standard InChI is InChI=1S/C49H72N16O9S/c1-28(66)59-34(16-9-21-56-48(51)52)42(69)61-35-15-8-18-40(67)55-23-19-33(41(50)68)60-47(74)39(26-30-27-58-32-14-7-6-13-31(30)32)65-44(71)36(17-10-22-57-49(53)54)62-46(73)38(25-29-11-4-3-5-12-29)64-45(72)37(20-24-75-2)63-43(35)70/h3-7,11-14,27,33-39,58H,8-10,15-26H2,1-2H3,(H2,50,68)(H,55,67)(H,59,66)(H,60,74)(H,61,69)(H,62,73)(H,63,70)(H,64,72)(H,65,71)(H4,51,52,56)(H4,53,54,57)/t33?,34-,35?,36?,37-,38?,39-/m0/s1. The second-order valence-electron chi connectivity index (χ2n) is 18.0.